The Balaban J connectivity index is 1.39. The molecule has 3 aliphatic carbocycles. The van der Waals surface area contributed by atoms with Gasteiger partial charge in [-0.2, -0.15) is 0 Å². The lowest BCUT2D eigenvalue weighted by Gasteiger charge is -2.56. The highest BCUT2D eigenvalue weighted by Gasteiger charge is 2.54. The molecule has 0 bridgehead atoms. The monoisotopic (exact) mass is 469 g/mol. The molecule has 7 atom stereocenters. The molecule has 0 spiro atoms. The lowest BCUT2D eigenvalue weighted by Crippen LogP contribution is -2.59. The Bertz CT molecular complexity index is 841. The van der Waals surface area contributed by atoms with Crippen molar-refractivity contribution in [2.24, 2.45) is 35.0 Å². The number of amides is 2. The van der Waals surface area contributed by atoms with E-state index in [2.05, 4.69) is 29.5 Å². The number of nitrogens with zero attached hydrogens (tertiary/aromatic N) is 1. The minimum absolute atomic E-state index is 0.0241. The van der Waals surface area contributed by atoms with E-state index in [1.807, 2.05) is 25.1 Å². The predicted octanol–water partition coefficient (Wildman–Crippen LogP) is 4.22. The van der Waals surface area contributed by atoms with Gasteiger partial charge in [0, 0.05) is 24.1 Å². The van der Waals surface area contributed by atoms with Gasteiger partial charge in [-0.1, -0.05) is 46.1 Å². The van der Waals surface area contributed by atoms with Crippen LogP contribution in [0.1, 0.15) is 84.3 Å². The van der Waals surface area contributed by atoms with Crippen molar-refractivity contribution in [2.75, 3.05) is 0 Å². The Kier molecular flexibility index (Phi) is 7.96. The maximum atomic E-state index is 13.0. The Morgan fingerprint density at radius 1 is 1.15 bits per heavy atom. The fraction of sp³-hybridized carbons (Fsp3) is 0.750. The van der Waals surface area contributed by atoms with Gasteiger partial charge < -0.3 is 15.7 Å². The zero-order valence-corrected chi connectivity index (χ0v) is 21.1. The number of fused-ring (bicyclic) bond motifs is 1. The third-order valence-electron chi connectivity index (χ3n) is 9.42. The summed E-state index contributed by atoms with van der Waals surface area (Å²) < 4.78 is 0. The van der Waals surface area contributed by atoms with Crippen LogP contribution in [0.25, 0.3) is 0 Å². The van der Waals surface area contributed by atoms with Crippen molar-refractivity contribution in [3.8, 4) is 0 Å². The number of nitrogens with one attached hydrogen (secondary N) is 2. The SMILES string of the molecule is C[C@@H]1[C@@H]2[C@@H](O)[C@H]([C@H](C)C(=O)NCc3ccccn3)CC[C@]2(C)CC[C@@H]1NC(=O)C1CCCCC1. The van der Waals surface area contributed by atoms with Crippen LogP contribution in [-0.4, -0.2) is 34.1 Å². The Hall–Kier alpha value is -1.95. The Morgan fingerprint density at radius 3 is 2.59 bits per heavy atom. The minimum Gasteiger partial charge on any atom is -0.392 e. The lowest BCUT2D eigenvalue weighted by molar-refractivity contribution is -0.144. The summed E-state index contributed by atoms with van der Waals surface area (Å²) in [6.07, 6.45) is 10.6. The largest absolute Gasteiger partial charge is 0.392 e. The van der Waals surface area contributed by atoms with E-state index in [4.69, 9.17) is 0 Å². The predicted molar refractivity (Wildman–Crippen MR) is 132 cm³/mol. The third kappa shape index (κ3) is 5.32. The van der Waals surface area contributed by atoms with Crippen molar-refractivity contribution in [1.29, 1.82) is 0 Å². The zero-order valence-electron chi connectivity index (χ0n) is 21.1. The number of aliphatic hydroxyl groups is 1. The highest BCUT2D eigenvalue weighted by Crippen LogP contribution is 2.55. The summed E-state index contributed by atoms with van der Waals surface area (Å²) in [5.74, 6) is 0.273. The third-order valence-corrected chi connectivity index (χ3v) is 9.42. The topological polar surface area (TPSA) is 91.3 Å². The van der Waals surface area contributed by atoms with E-state index in [1.165, 1.54) is 6.42 Å². The number of carbonyl (C=O) groups excluding carboxylic acids is 2. The molecule has 6 heteroatoms. The van der Waals surface area contributed by atoms with Gasteiger partial charge in [-0.3, -0.25) is 14.6 Å². The molecule has 6 nitrogen and oxygen atoms in total. The molecule has 0 aromatic carbocycles. The molecule has 0 radical (unpaired) electrons. The van der Waals surface area contributed by atoms with Crippen LogP contribution in [0.2, 0.25) is 0 Å². The number of hydrogen-bond acceptors (Lipinski definition) is 4. The van der Waals surface area contributed by atoms with Gasteiger partial charge in [-0.05, 0) is 73.8 Å². The van der Waals surface area contributed by atoms with E-state index in [1.54, 1.807) is 6.20 Å². The van der Waals surface area contributed by atoms with E-state index in [0.29, 0.717) is 6.54 Å². The van der Waals surface area contributed by atoms with Gasteiger partial charge >= 0.3 is 0 Å². The van der Waals surface area contributed by atoms with Crippen molar-refractivity contribution in [3.05, 3.63) is 30.1 Å². The molecule has 3 fully saturated rings. The standard InChI is InChI=1S/C28H43N3O3/c1-18(26(33)30-17-21-11-7-8-16-29-21)22-12-14-28(3)15-13-23(19(2)24(28)25(22)32)31-27(34)20-9-5-4-6-10-20/h7-8,11,16,18-20,22-25,32H,4-6,9-10,12-15,17H2,1-3H3,(H,30,33)(H,31,34)/t18-,19-,22-,23-,24+,25-,28+/m0/s1. The summed E-state index contributed by atoms with van der Waals surface area (Å²) in [6.45, 7) is 6.85. The molecule has 0 unspecified atom stereocenters. The zero-order chi connectivity index (χ0) is 24.3. The van der Waals surface area contributed by atoms with Crippen LogP contribution in [0.3, 0.4) is 0 Å². The van der Waals surface area contributed by atoms with Gasteiger partial charge in [0.2, 0.25) is 11.8 Å². The van der Waals surface area contributed by atoms with E-state index >= 15 is 0 Å². The molecular weight excluding hydrogens is 426 g/mol. The van der Waals surface area contributed by atoms with Gasteiger partial charge in [-0.15, -0.1) is 0 Å². The van der Waals surface area contributed by atoms with Gasteiger partial charge in [0.15, 0.2) is 0 Å². The quantitative estimate of drug-likeness (QED) is 0.582. The molecule has 3 saturated carbocycles. The summed E-state index contributed by atoms with van der Waals surface area (Å²) in [4.78, 5) is 30.2. The lowest BCUT2D eigenvalue weighted by atomic mass is 9.51. The van der Waals surface area contributed by atoms with Crippen LogP contribution in [0.4, 0.5) is 0 Å². The second-order valence-electron chi connectivity index (χ2n) is 11.5. The van der Waals surface area contributed by atoms with Crippen LogP contribution in [-0.2, 0) is 16.1 Å². The summed E-state index contributed by atoms with van der Waals surface area (Å²) in [5, 5.41) is 18.0. The molecule has 0 aliphatic heterocycles. The summed E-state index contributed by atoms with van der Waals surface area (Å²) in [7, 11) is 0. The first-order valence-electron chi connectivity index (χ1n) is 13.5. The molecule has 0 saturated heterocycles. The van der Waals surface area contributed by atoms with Crippen molar-refractivity contribution in [3.63, 3.8) is 0 Å². The fourth-order valence-electron chi connectivity index (χ4n) is 7.20. The van der Waals surface area contributed by atoms with Gasteiger partial charge in [0.1, 0.15) is 0 Å². The number of aliphatic hydroxyl groups excluding tert-OH is 1. The second kappa shape index (κ2) is 10.8. The summed E-state index contributed by atoms with van der Waals surface area (Å²) in [6, 6.07) is 5.78. The number of aromatic nitrogens is 1. The van der Waals surface area contributed by atoms with Gasteiger partial charge in [0.05, 0.1) is 18.3 Å². The molecule has 4 rings (SSSR count). The van der Waals surface area contributed by atoms with Crippen molar-refractivity contribution in [1.82, 2.24) is 15.6 Å². The minimum atomic E-state index is -0.543. The van der Waals surface area contributed by atoms with Crippen LogP contribution in [0.15, 0.2) is 24.4 Å². The number of rotatable bonds is 6. The second-order valence-corrected chi connectivity index (χ2v) is 11.5. The maximum Gasteiger partial charge on any atom is 0.223 e. The van der Waals surface area contributed by atoms with Crippen LogP contribution < -0.4 is 10.6 Å². The molecule has 3 aliphatic rings. The van der Waals surface area contributed by atoms with Crippen LogP contribution >= 0.6 is 0 Å². The number of hydrogen-bond donors (Lipinski definition) is 3. The van der Waals surface area contributed by atoms with E-state index in [9.17, 15) is 14.7 Å². The summed E-state index contributed by atoms with van der Waals surface area (Å²) >= 11 is 0. The highest BCUT2D eigenvalue weighted by molar-refractivity contribution is 5.79. The van der Waals surface area contributed by atoms with Crippen molar-refractivity contribution in [2.45, 2.75) is 97.2 Å². The van der Waals surface area contributed by atoms with Crippen molar-refractivity contribution >= 4 is 11.8 Å². The van der Waals surface area contributed by atoms with E-state index < -0.39 is 6.10 Å². The highest BCUT2D eigenvalue weighted by atomic mass is 16.3. The normalized spacial score (nSPS) is 35.1. The van der Waals surface area contributed by atoms with E-state index in [-0.39, 0.29) is 52.9 Å². The molecule has 3 N–H and O–H groups in total. The molecule has 34 heavy (non-hydrogen) atoms. The molecule has 1 aromatic heterocycles. The molecule has 1 heterocycles. The Morgan fingerprint density at radius 2 is 1.88 bits per heavy atom. The van der Waals surface area contributed by atoms with Crippen LogP contribution in [0, 0.1) is 35.0 Å². The maximum absolute atomic E-state index is 13.0. The Labute approximate surface area is 204 Å². The first-order valence-corrected chi connectivity index (χ1v) is 13.5. The average molecular weight is 470 g/mol. The van der Waals surface area contributed by atoms with Crippen molar-refractivity contribution < 1.29 is 14.7 Å². The number of pyridine rings is 1. The van der Waals surface area contributed by atoms with Crippen LogP contribution in [0.5, 0.6) is 0 Å². The fourth-order valence-corrected chi connectivity index (χ4v) is 7.20. The molecule has 1 aromatic rings. The van der Waals surface area contributed by atoms with Gasteiger partial charge in [-0.25, -0.2) is 0 Å². The first kappa shape index (κ1) is 25.2. The van der Waals surface area contributed by atoms with Gasteiger partial charge in [0.25, 0.3) is 0 Å². The summed E-state index contributed by atoms with van der Waals surface area (Å²) in [5.41, 5.74) is 0.892. The molecule has 188 valence electrons. The average Bonchev–Trinajstić information content (AvgIpc) is 2.85. The molecule has 2 amide bonds. The molecular formula is C28H43N3O3. The first-order chi connectivity index (χ1) is 16.3. The number of carbonyl (C=O) groups is 2. The van der Waals surface area contributed by atoms with E-state index in [0.717, 1.165) is 57.1 Å². The smallest absolute Gasteiger partial charge is 0.223 e.